The monoisotopic (exact) mass is 368 g/mol. The Kier molecular flexibility index (Phi) is 5.40. The smallest absolute Gasteiger partial charge is 0.407 e. The van der Waals surface area contributed by atoms with Crippen molar-refractivity contribution in [3.05, 3.63) is 48.3 Å². The number of rotatable bonds is 6. The minimum Gasteiger partial charge on any atom is -0.491 e. The van der Waals surface area contributed by atoms with Crippen molar-refractivity contribution >= 4 is 6.09 Å². The van der Waals surface area contributed by atoms with Crippen LogP contribution in [-0.2, 0) is 4.74 Å². The summed E-state index contributed by atoms with van der Waals surface area (Å²) in [6, 6.07) is 10.3. The standard InChI is InChI=1S/C22H28N2O3/c1-16-6-5-7-17(10-16)18-11-19(13-23-12-18)26-15-22(8-9-22)14-24-20(25)27-21(2,3)4/h5-7,10-13H,8-9,14-15H2,1-4H3,(H,24,25). The highest BCUT2D eigenvalue weighted by molar-refractivity contribution is 5.67. The Balaban J connectivity index is 1.55. The number of nitrogens with one attached hydrogen (secondary N) is 1. The van der Waals surface area contributed by atoms with Crippen molar-refractivity contribution in [1.29, 1.82) is 0 Å². The molecule has 27 heavy (non-hydrogen) atoms. The van der Waals surface area contributed by atoms with Crippen molar-refractivity contribution in [2.24, 2.45) is 5.41 Å². The van der Waals surface area contributed by atoms with E-state index in [-0.39, 0.29) is 11.5 Å². The van der Waals surface area contributed by atoms with Gasteiger partial charge in [0.2, 0.25) is 0 Å². The number of hydrogen-bond acceptors (Lipinski definition) is 4. The van der Waals surface area contributed by atoms with Crippen molar-refractivity contribution < 1.29 is 14.3 Å². The molecule has 1 N–H and O–H groups in total. The molecule has 5 nitrogen and oxygen atoms in total. The quantitative estimate of drug-likeness (QED) is 0.800. The Morgan fingerprint density at radius 3 is 2.63 bits per heavy atom. The summed E-state index contributed by atoms with van der Waals surface area (Å²) >= 11 is 0. The molecular formula is C22H28N2O3. The number of pyridine rings is 1. The van der Waals surface area contributed by atoms with Crippen molar-refractivity contribution in [3.8, 4) is 16.9 Å². The van der Waals surface area contributed by atoms with E-state index >= 15 is 0 Å². The summed E-state index contributed by atoms with van der Waals surface area (Å²) in [5.74, 6) is 0.748. The first-order chi connectivity index (χ1) is 12.7. The van der Waals surface area contributed by atoms with E-state index in [9.17, 15) is 4.79 Å². The van der Waals surface area contributed by atoms with Crippen molar-refractivity contribution in [3.63, 3.8) is 0 Å². The minimum absolute atomic E-state index is 0.00373. The van der Waals surface area contributed by atoms with Gasteiger partial charge in [-0.3, -0.25) is 4.98 Å². The van der Waals surface area contributed by atoms with Gasteiger partial charge in [0.15, 0.2) is 0 Å². The van der Waals surface area contributed by atoms with Gasteiger partial charge in [-0.15, -0.1) is 0 Å². The SMILES string of the molecule is Cc1cccc(-c2cncc(OCC3(CNC(=O)OC(C)(C)C)CC3)c2)c1. The topological polar surface area (TPSA) is 60.5 Å². The van der Waals surface area contributed by atoms with Crippen LogP contribution in [0.15, 0.2) is 42.7 Å². The normalized spacial score (nSPS) is 15.1. The van der Waals surface area contributed by atoms with Crippen LogP contribution in [0.2, 0.25) is 0 Å². The molecule has 144 valence electrons. The van der Waals surface area contributed by atoms with Crippen molar-refractivity contribution in [1.82, 2.24) is 10.3 Å². The van der Waals surface area contributed by atoms with Gasteiger partial charge in [0, 0.05) is 23.7 Å². The van der Waals surface area contributed by atoms with Crippen molar-refractivity contribution in [2.45, 2.75) is 46.1 Å². The van der Waals surface area contributed by atoms with Crippen LogP contribution >= 0.6 is 0 Å². The van der Waals surface area contributed by atoms with Crippen LogP contribution in [0, 0.1) is 12.3 Å². The number of nitrogens with zero attached hydrogens (tertiary/aromatic N) is 1. The highest BCUT2D eigenvalue weighted by Gasteiger charge is 2.44. The molecule has 3 rings (SSSR count). The molecule has 1 aliphatic rings. The summed E-state index contributed by atoms with van der Waals surface area (Å²) in [6.45, 7) is 8.77. The lowest BCUT2D eigenvalue weighted by Gasteiger charge is -2.22. The highest BCUT2D eigenvalue weighted by Crippen LogP contribution is 2.45. The summed E-state index contributed by atoms with van der Waals surface area (Å²) in [6.07, 6.45) is 5.27. The third-order valence-electron chi connectivity index (χ3n) is 4.57. The van der Waals surface area contributed by atoms with Crippen molar-refractivity contribution in [2.75, 3.05) is 13.2 Å². The highest BCUT2D eigenvalue weighted by atomic mass is 16.6. The fourth-order valence-corrected chi connectivity index (χ4v) is 2.84. The van der Waals surface area contributed by atoms with Crippen LogP contribution < -0.4 is 10.1 Å². The molecule has 1 aromatic heterocycles. The molecule has 2 aromatic rings. The van der Waals surface area contributed by atoms with Crippen LogP contribution in [0.1, 0.15) is 39.2 Å². The molecule has 0 radical (unpaired) electrons. The van der Waals surface area contributed by atoms with Crippen LogP contribution in [0.5, 0.6) is 5.75 Å². The molecule has 0 spiro atoms. The first-order valence-electron chi connectivity index (χ1n) is 9.37. The number of ether oxygens (including phenoxy) is 2. The van der Waals surface area contributed by atoms with Crippen LogP contribution in [0.3, 0.4) is 0 Å². The van der Waals surface area contributed by atoms with E-state index in [1.165, 1.54) is 5.56 Å². The van der Waals surface area contributed by atoms with Crippen LogP contribution in [0.4, 0.5) is 4.79 Å². The molecule has 5 heteroatoms. The van der Waals surface area contributed by atoms with E-state index in [1.807, 2.05) is 39.1 Å². The second-order valence-corrected chi connectivity index (χ2v) is 8.42. The first kappa shape index (κ1) is 19.2. The molecule has 0 saturated heterocycles. The molecule has 1 fully saturated rings. The van der Waals surface area contributed by atoms with E-state index in [0.29, 0.717) is 13.2 Å². The van der Waals surface area contributed by atoms with E-state index in [4.69, 9.17) is 9.47 Å². The van der Waals surface area contributed by atoms with Crippen LogP contribution in [0.25, 0.3) is 11.1 Å². The average molecular weight is 368 g/mol. The molecule has 0 bridgehead atoms. The maximum atomic E-state index is 11.9. The largest absolute Gasteiger partial charge is 0.491 e. The zero-order valence-corrected chi connectivity index (χ0v) is 16.5. The Hall–Kier alpha value is -2.56. The maximum absolute atomic E-state index is 11.9. The summed E-state index contributed by atoms with van der Waals surface area (Å²) in [4.78, 5) is 16.2. The summed E-state index contributed by atoms with van der Waals surface area (Å²) in [5, 5.41) is 2.86. The number of benzene rings is 1. The first-order valence-corrected chi connectivity index (χ1v) is 9.37. The minimum atomic E-state index is -0.487. The van der Waals surface area contributed by atoms with Gasteiger partial charge in [-0.25, -0.2) is 4.79 Å². The van der Waals surface area contributed by atoms with E-state index in [1.54, 1.807) is 6.20 Å². The number of carbonyl (C=O) groups excluding carboxylic acids is 1. The Morgan fingerprint density at radius 1 is 1.19 bits per heavy atom. The fourth-order valence-electron chi connectivity index (χ4n) is 2.84. The van der Waals surface area contributed by atoms with E-state index in [2.05, 4.69) is 35.4 Å². The Bertz CT molecular complexity index is 807. The molecule has 0 unspecified atom stereocenters. The Morgan fingerprint density at radius 2 is 1.96 bits per heavy atom. The van der Waals surface area contributed by atoms with Gasteiger partial charge in [0.25, 0.3) is 0 Å². The number of hydrogen-bond donors (Lipinski definition) is 1. The molecule has 1 aliphatic carbocycles. The predicted molar refractivity (Wildman–Crippen MR) is 106 cm³/mol. The third-order valence-corrected chi connectivity index (χ3v) is 4.57. The summed E-state index contributed by atoms with van der Waals surface area (Å²) in [7, 11) is 0. The molecule has 1 aromatic carbocycles. The zero-order valence-electron chi connectivity index (χ0n) is 16.5. The number of amides is 1. The van der Waals surface area contributed by atoms with Gasteiger partial charge in [-0.2, -0.15) is 0 Å². The number of carbonyl (C=O) groups is 1. The molecule has 0 aliphatic heterocycles. The lowest BCUT2D eigenvalue weighted by Crippen LogP contribution is -2.37. The average Bonchev–Trinajstić information content (AvgIpc) is 3.38. The lowest BCUT2D eigenvalue weighted by atomic mass is 10.1. The van der Waals surface area contributed by atoms with Gasteiger partial charge in [-0.05, 0) is 52.2 Å². The number of alkyl carbamates (subject to hydrolysis) is 1. The van der Waals surface area contributed by atoms with Gasteiger partial charge in [0.1, 0.15) is 11.4 Å². The molecule has 0 atom stereocenters. The van der Waals surface area contributed by atoms with E-state index in [0.717, 1.165) is 29.7 Å². The molecule has 1 amide bonds. The molecule has 1 heterocycles. The van der Waals surface area contributed by atoms with Crippen LogP contribution in [-0.4, -0.2) is 29.8 Å². The van der Waals surface area contributed by atoms with E-state index < -0.39 is 5.60 Å². The second-order valence-electron chi connectivity index (χ2n) is 8.42. The van der Waals surface area contributed by atoms with Gasteiger partial charge >= 0.3 is 6.09 Å². The number of aryl methyl sites for hydroxylation is 1. The number of aromatic nitrogens is 1. The van der Waals surface area contributed by atoms with Gasteiger partial charge < -0.3 is 14.8 Å². The maximum Gasteiger partial charge on any atom is 0.407 e. The molecule has 1 saturated carbocycles. The Labute approximate surface area is 161 Å². The predicted octanol–water partition coefficient (Wildman–Crippen LogP) is 4.74. The summed E-state index contributed by atoms with van der Waals surface area (Å²) in [5.41, 5.74) is 2.88. The zero-order chi connectivity index (χ0) is 19.5. The second kappa shape index (κ2) is 7.59. The molecular weight excluding hydrogens is 340 g/mol. The summed E-state index contributed by atoms with van der Waals surface area (Å²) < 4.78 is 11.3. The van der Waals surface area contributed by atoms with Gasteiger partial charge in [-0.1, -0.05) is 29.8 Å². The lowest BCUT2D eigenvalue weighted by molar-refractivity contribution is 0.0509. The van der Waals surface area contributed by atoms with Gasteiger partial charge in [0.05, 0.1) is 12.8 Å². The third kappa shape index (κ3) is 5.71. The fraction of sp³-hybridized carbons (Fsp3) is 0.455.